The van der Waals surface area contributed by atoms with Crippen LogP contribution in [0.4, 0.5) is 4.79 Å². The van der Waals surface area contributed by atoms with Gasteiger partial charge in [0.05, 0.1) is 13.7 Å². The third kappa shape index (κ3) is 3.68. The molecule has 5 rings (SSSR count). The zero-order chi connectivity index (χ0) is 24.7. The van der Waals surface area contributed by atoms with Gasteiger partial charge < -0.3 is 14.8 Å². The first-order valence-corrected chi connectivity index (χ1v) is 12.1. The number of ether oxygens (including phenoxy) is 1. The van der Waals surface area contributed by atoms with Crippen LogP contribution in [0, 0.1) is 0 Å². The number of hydrogen-bond acceptors (Lipinski definition) is 5. The van der Waals surface area contributed by atoms with Crippen LogP contribution in [0.3, 0.4) is 0 Å². The minimum atomic E-state index is -1.00. The minimum Gasteiger partial charge on any atom is -0.497 e. The van der Waals surface area contributed by atoms with E-state index < -0.39 is 11.6 Å². The van der Waals surface area contributed by atoms with Crippen molar-refractivity contribution in [2.24, 2.45) is 0 Å². The molecule has 2 aromatic carbocycles. The molecular formula is C27H32N4O4. The molecule has 35 heavy (non-hydrogen) atoms. The number of benzene rings is 2. The number of nitrogens with zero attached hydrogens (tertiary/aromatic N) is 3. The van der Waals surface area contributed by atoms with Crippen LogP contribution in [0.15, 0.2) is 48.5 Å². The average molecular weight is 477 g/mol. The predicted octanol–water partition coefficient (Wildman–Crippen LogP) is 3.16. The van der Waals surface area contributed by atoms with Crippen molar-refractivity contribution in [1.29, 1.82) is 0 Å². The monoisotopic (exact) mass is 476 g/mol. The highest BCUT2D eigenvalue weighted by molar-refractivity contribution is 6.08. The average Bonchev–Trinajstić information content (AvgIpc) is 3.32. The number of rotatable bonds is 8. The second kappa shape index (κ2) is 9.02. The van der Waals surface area contributed by atoms with Crippen molar-refractivity contribution >= 4 is 22.8 Å². The largest absolute Gasteiger partial charge is 0.497 e. The molecule has 0 spiro atoms. The Morgan fingerprint density at radius 1 is 1.17 bits per heavy atom. The van der Waals surface area contributed by atoms with Crippen LogP contribution in [0.1, 0.15) is 36.7 Å². The Kier molecular flexibility index (Phi) is 6.02. The molecule has 3 aromatic rings. The van der Waals surface area contributed by atoms with Crippen LogP contribution in [0.5, 0.6) is 5.75 Å². The van der Waals surface area contributed by atoms with Crippen molar-refractivity contribution in [2.75, 3.05) is 39.9 Å². The molecule has 0 radical (unpaired) electrons. The lowest BCUT2D eigenvalue weighted by Gasteiger charge is -2.42. The Morgan fingerprint density at radius 2 is 1.94 bits per heavy atom. The van der Waals surface area contributed by atoms with E-state index in [0.29, 0.717) is 26.1 Å². The molecule has 0 saturated carbocycles. The van der Waals surface area contributed by atoms with Gasteiger partial charge in [-0.25, -0.2) is 4.79 Å². The van der Waals surface area contributed by atoms with Crippen LogP contribution in [-0.4, -0.2) is 82.2 Å². The van der Waals surface area contributed by atoms with Crippen LogP contribution in [0.2, 0.25) is 0 Å². The lowest BCUT2D eigenvalue weighted by Crippen LogP contribution is -2.53. The quantitative estimate of drug-likeness (QED) is 0.488. The topological polar surface area (TPSA) is 89.1 Å². The molecule has 8 heteroatoms. The van der Waals surface area contributed by atoms with Gasteiger partial charge in [-0.2, -0.15) is 0 Å². The molecule has 2 atom stereocenters. The number of carbonyl (C=O) groups excluding carboxylic acids is 2. The summed E-state index contributed by atoms with van der Waals surface area (Å²) >= 11 is 0. The Labute approximate surface area is 205 Å². The number of nitrogens with one attached hydrogen (secondary N) is 1. The molecule has 0 aliphatic carbocycles. The Hall–Kier alpha value is -3.36. The van der Waals surface area contributed by atoms with Crippen molar-refractivity contribution < 1.29 is 19.4 Å². The van der Waals surface area contributed by atoms with Crippen molar-refractivity contribution in [3.8, 4) is 5.75 Å². The van der Waals surface area contributed by atoms with Gasteiger partial charge in [-0.15, -0.1) is 0 Å². The second-order valence-corrected chi connectivity index (χ2v) is 9.46. The summed E-state index contributed by atoms with van der Waals surface area (Å²) in [5.41, 5.74) is 2.90. The predicted molar refractivity (Wildman–Crippen MR) is 133 cm³/mol. The number of imide groups is 1. The summed E-state index contributed by atoms with van der Waals surface area (Å²) < 4.78 is 5.47. The summed E-state index contributed by atoms with van der Waals surface area (Å²) in [5.74, 6) is 0.577. The molecule has 1 fully saturated rings. The van der Waals surface area contributed by atoms with E-state index in [1.807, 2.05) is 67.3 Å². The highest BCUT2D eigenvalue weighted by Gasteiger charge is 2.60. The fraction of sp³-hybridized carbons (Fsp3) is 0.407. The maximum absolute atomic E-state index is 13.9. The number of aromatic amines is 1. The number of H-pyrrole nitrogens is 1. The van der Waals surface area contributed by atoms with Crippen LogP contribution < -0.4 is 4.74 Å². The Balaban J connectivity index is 1.60. The number of fused-ring (bicyclic) bond motifs is 4. The molecule has 2 N–H and O–H groups in total. The van der Waals surface area contributed by atoms with Crippen molar-refractivity contribution in [3.63, 3.8) is 0 Å². The van der Waals surface area contributed by atoms with Crippen molar-refractivity contribution in [3.05, 3.63) is 65.4 Å². The number of aliphatic hydroxyl groups excluding tert-OH is 1. The number of likely N-dealkylation sites (N-methyl/N-ethyl adjacent to an activating group) is 1. The van der Waals surface area contributed by atoms with Gasteiger partial charge in [-0.1, -0.05) is 37.3 Å². The fourth-order valence-electron chi connectivity index (χ4n) is 5.61. The molecular weight excluding hydrogens is 444 g/mol. The third-order valence-electron chi connectivity index (χ3n) is 7.49. The van der Waals surface area contributed by atoms with E-state index in [4.69, 9.17) is 4.74 Å². The Bertz CT molecular complexity index is 1260. The maximum atomic E-state index is 13.9. The number of hydrogen-bond donors (Lipinski definition) is 2. The molecule has 184 valence electrons. The second-order valence-electron chi connectivity index (χ2n) is 9.46. The molecule has 0 bridgehead atoms. The van der Waals surface area contributed by atoms with Gasteiger partial charge in [0.25, 0.3) is 5.91 Å². The molecule has 8 nitrogen and oxygen atoms in total. The number of methoxy groups -OCH3 is 1. The van der Waals surface area contributed by atoms with Gasteiger partial charge in [-0.05, 0) is 42.8 Å². The number of aromatic nitrogens is 1. The highest BCUT2D eigenvalue weighted by atomic mass is 16.5. The van der Waals surface area contributed by atoms with E-state index >= 15 is 0 Å². The van der Waals surface area contributed by atoms with Gasteiger partial charge in [0.2, 0.25) is 0 Å². The first-order valence-electron chi connectivity index (χ1n) is 12.1. The molecule has 3 amide bonds. The van der Waals surface area contributed by atoms with E-state index in [1.165, 1.54) is 4.90 Å². The first kappa shape index (κ1) is 23.4. The summed E-state index contributed by atoms with van der Waals surface area (Å²) in [6.45, 7) is 6.01. The molecule has 2 aliphatic rings. The number of aliphatic hydroxyl groups is 1. The first-order chi connectivity index (χ1) is 16.9. The molecule has 3 heterocycles. The fourth-order valence-corrected chi connectivity index (χ4v) is 5.61. The Morgan fingerprint density at radius 3 is 2.63 bits per heavy atom. The normalized spacial score (nSPS) is 21.7. The van der Waals surface area contributed by atoms with Gasteiger partial charge >= 0.3 is 6.03 Å². The molecule has 1 saturated heterocycles. The molecule has 1 aromatic heterocycles. The number of amides is 3. The molecule has 2 aliphatic heterocycles. The van der Waals surface area contributed by atoms with Crippen molar-refractivity contribution in [2.45, 2.75) is 31.8 Å². The van der Waals surface area contributed by atoms with Crippen LogP contribution in [0.25, 0.3) is 10.9 Å². The zero-order valence-corrected chi connectivity index (χ0v) is 20.5. The van der Waals surface area contributed by atoms with E-state index in [1.54, 1.807) is 12.0 Å². The van der Waals surface area contributed by atoms with Crippen molar-refractivity contribution in [1.82, 2.24) is 19.7 Å². The van der Waals surface area contributed by atoms with Crippen LogP contribution in [-0.2, 0) is 11.2 Å². The van der Waals surface area contributed by atoms with E-state index in [9.17, 15) is 14.7 Å². The van der Waals surface area contributed by atoms with Gasteiger partial charge in [0.1, 0.15) is 17.3 Å². The summed E-state index contributed by atoms with van der Waals surface area (Å²) in [6.07, 6.45) is 0.425. The van der Waals surface area contributed by atoms with E-state index in [0.717, 1.165) is 40.0 Å². The summed E-state index contributed by atoms with van der Waals surface area (Å²) in [4.78, 5) is 36.5. The third-order valence-corrected chi connectivity index (χ3v) is 7.49. The van der Waals surface area contributed by atoms with Gasteiger partial charge in [0.15, 0.2) is 0 Å². The number of carbonyl (C=O) groups is 2. The lowest BCUT2D eigenvalue weighted by molar-refractivity contribution is -0.133. The standard InChI is InChI=1S/C27H32N4O4/c1-4-29(14-15-32)12-13-30-25(33)27(2)17-21-20-16-19(35-3)10-11-22(20)28-23(21)24(31(27)26(30)34)18-8-6-5-7-9-18/h5-11,16,24,28,32H,4,12-15,17H2,1-3H3/t24-,27+/m1/s1. The number of urea groups is 1. The lowest BCUT2D eigenvalue weighted by atomic mass is 9.81. The zero-order valence-electron chi connectivity index (χ0n) is 20.5. The summed E-state index contributed by atoms with van der Waals surface area (Å²) in [7, 11) is 1.64. The smallest absolute Gasteiger partial charge is 0.328 e. The van der Waals surface area contributed by atoms with Gasteiger partial charge in [0, 0.05) is 42.7 Å². The SMILES string of the molecule is CCN(CCO)CCN1C(=O)N2[C@H](c3ccccc3)c3[nH]c4ccc(OC)cc4c3C[C@@]2(C)C1=O. The summed E-state index contributed by atoms with van der Waals surface area (Å²) in [5, 5.41) is 10.3. The van der Waals surface area contributed by atoms with Crippen LogP contribution >= 0.6 is 0 Å². The molecule has 0 unspecified atom stereocenters. The van der Waals surface area contributed by atoms with Gasteiger partial charge in [-0.3, -0.25) is 19.5 Å². The van der Waals surface area contributed by atoms with E-state index in [2.05, 4.69) is 4.98 Å². The maximum Gasteiger partial charge on any atom is 0.328 e. The summed E-state index contributed by atoms with van der Waals surface area (Å²) in [6, 6.07) is 15.1. The van der Waals surface area contributed by atoms with E-state index in [-0.39, 0.29) is 18.5 Å². The highest BCUT2D eigenvalue weighted by Crippen LogP contribution is 2.48. The minimum absolute atomic E-state index is 0.0425.